The lowest BCUT2D eigenvalue weighted by Crippen LogP contribution is -2.30. The second kappa shape index (κ2) is 8.84. The van der Waals surface area contributed by atoms with Crippen LogP contribution in [0.1, 0.15) is 21.6 Å². The molecule has 0 N–H and O–H groups in total. The van der Waals surface area contributed by atoms with E-state index < -0.39 is 0 Å². The Labute approximate surface area is 194 Å². The molecule has 0 atom stereocenters. The molecule has 164 valence electrons. The number of carbonyl (C=O) groups is 1. The molecule has 0 bridgehead atoms. The molecule has 0 unspecified atom stereocenters. The Morgan fingerprint density at radius 1 is 1.09 bits per heavy atom. The summed E-state index contributed by atoms with van der Waals surface area (Å²) in [5.74, 6) is 1.26. The van der Waals surface area contributed by atoms with Crippen molar-refractivity contribution in [3.05, 3.63) is 95.9 Å². The third-order valence-electron chi connectivity index (χ3n) is 5.35. The molecule has 0 aliphatic heterocycles. The summed E-state index contributed by atoms with van der Waals surface area (Å²) in [7, 11) is 1.64. The van der Waals surface area contributed by atoms with E-state index >= 15 is 0 Å². The van der Waals surface area contributed by atoms with Crippen LogP contribution in [0.25, 0.3) is 16.0 Å². The first-order valence-electron chi connectivity index (χ1n) is 10.4. The summed E-state index contributed by atoms with van der Waals surface area (Å²) < 4.78 is 7.98. The second-order valence-corrected chi connectivity index (χ2v) is 8.46. The van der Waals surface area contributed by atoms with Crippen LogP contribution >= 0.6 is 11.3 Å². The van der Waals surface area contributed by atoms with Crippen LogP contribution in [0.5, 0.6) is 5.75 Å². The van der Waals surface area contributed by atoms with Gasteiger partial charge in [0.1, 0.15) is 5.75 Å². The molecular weight excluding hydrogens is 434 g/mol. The quantitative estimate of drug-likeness (QED) is 0.359. The summed E-state index contributed by atoms with van der Waals surface area (Å²) >= 11 is 1.46. The molecule has 5 aromatic rings. The first-order valence-corrected chi connectivity index (χ1v) is 11.2. The van der Waals surface area contributed by atoms with Crippen molar-refractivity contribution >= 4 is 32.6 Å². The van der Waals surface area contributed by atoms with Crippen molar-refractivity contribution in [2.45, 2.75) is 13.5 Å². The number of methoxy groups -OCH3 is 1. The highest BCUT2D eigenvalue weighted by Crippen LogP contribution is 2.33. The van der Waals surface area contributed by atoms with Crippen LogP contribution in [0.4, 0.5) is 5.13 Å². The van der Waals surface area contributed by atoms with Crippen LogP contribution in [0.3, 0.4) is 0 Å². The summed E-state index contributed by atoms with van der Waals surface area (Å²) in [6, 6.07) is 21.2. The third-order valence-corrected chi connectivity index (χ3v) is 6.39. The number of carbonyl (C=O) groups excluding carboxylic acids is 1. The Morgan fingerprint density at radius 3 is 2.67 bits per heavy atom. The van der Waals surface area contributed by atoms with Gasteiger partial charge in [-0.2, -0.15) is 5.10 Å². The minimum absolute atomic E-state index is 0.162. The molecule has 5 rings (SSSR count). The maximum Gasteiger partial charge on any atom is 0.263 e. The highest BCUT2D eigenvalue weighted by atomic mass is 32.1. The fourth-order valence-electron chi connectivity index (χ4n) is 3.60. The van der Waals surface area contributed by atoms with E-state index in [0.29, 0.717) is 23.1 Å². The molecule has 0 saturated heterocycles. The highest BCUT2D eigenvalue weighted by molar-refractivity contribution is 7.22. The van der Waals surface area contributed by atoms with Gasteiger partial charge < -0.3 is 4.74 Å². The van der Waals surface area contributed by atoms with Crippen LogP contribution in [-0.4, -0.2) is 32.8 Å². The van der Waals surface area contributed by atoms with Gasteiger partial charge in [-0.3, -0.25) is 9.69 Å². The molecule has 0 aliphatic rings. The van der Waals surface area contributed by atoms with E-state index in [-0.39, 0.29) is 5.91 Å². The first kappa shape index (κ1) is 20.8. The number of rotatable bonds is 6. The lowest BCUT2D eigenvalue weighted by atomic mass is 10.2. The van der Waals surface area contributed by atoms with Gasteiger partial charge >= 0.3 is 0 Å². The van der Waals surface area contributed by atoms with Crippen molar-refractivity contribution in [1.82, 2.24) is 19.7 Å². The molecule has 0 aliphatic carbocycles. The number of hydrogen-bond donors (Lipinski definition) is 0. The number of ether oxygens (including phenoxy) is 1. The SMILES string of the molecule is COc1ccc2nc(N(Cc3ccccc3)C(=O)c3cnn(-c4ccccn4)c3C)sc2c1. The van der Waals surface area contributed by atoms with E-state index in [9.17, 15) is 4.79 Å². The topological polar surface area (TPSA) is 73.1 Å². The molecule has 0 saturated carbocycles. The van der Waals surface area contributed by atoms with Crippen molar-refractivity contribution in [1.29, 1.82) is 0 Å². The molecule has 3 heterocycles. The van der Waals surface area contributed by atoms with Crippen molar-refractivity contribution in [3.8, 4) is 11.6 Å². The van der Waals surface area contributed by atoms with Gasteiger partial charge in [0.25, 0.3) is 5.91 Å². The zero-order valence-electron chi connectivity index (χ0n) is 18.2. The summed E-state index contributed by atoms with van der Waals surface area (Å²) in [4.78, 5) is 24.6. The Hall–Kier alpha value is -4.04. The van der Waals surface area contributed by atoms with Gasteiger partial charge in [0.15, 0.2) is 10.9 Å². The fraction of sp³-hybridized carbons (Fsp3) is 0.120. The number of anilines is 1. The van der Waals surface area contributed by atoms with Crippen molar-refractivity contribution in [2.24, 2.45) is 0 Å². The predicted molar refractivity (Wildman–Crippen MR) is 129 cm³/mol. The zero-order valence-corrected chi connectivity index (χ0v) is 19.0. The summed E-state index contributed by atoms with van der Waals surface area (Å²) in [5.41, 5.74) is 3.06. The van der Waals surface area contributed by atoms with Gasteiger partial charge in [-0.1, -0.05) is 47.7 Å². The number of benzene rings is 2. The number of nitrogens with zero attached hydrogens (tertiary/aromatic N) is 5. The normalized spacial score (nSPS) is 11.0. The van der Waals surface area contributed by atoms with Gasteiger partial charge in [0, 0.05) is 6.20 Å². The maximum absolute atomic E-state index is 13.8. The number of pyridine rings is 1. The Morgan fingerprint density at radius 2 is 1.91 bits per heavy atom. The van der Waals surface area contributed by atoms with Crippen molar-refractivity contribution in [3.63, 3.8) is 0 Å². The second-order valence-electron chi connectivity index (χ2n) is 7.45. The molecule has 0 radical (unpaired) electrons. The molecule has 8 heteroatoms. The number of thiazole rings is 1. The van der Waals surface area contributed by atoms with Gasteiger partial charge in [-0.05, 0) is 42.8 Å². The molecule has 0 fully saturated rings. The maximum atomic E-state index is 13.8. The van der Waals surface area contributed by atoms with Crippen LogP contribution in [0.15, 0.2) is 79.1 Å². The average Bonchev–Trinajstić information content (AvgIpc) is 3.46. The van der Waals surface area contributed by atoms with Crippen LogP contribution in [-0.2, 0) is 6.54 Å². The molecular formula is C25H21N5O2S. The molecule has 1 amide bonds. The molecule has 33 heavy (non-hydrogen) atoms. The van der Waals surface area contributed by atoms with E-state index in [1.807, 2.05) is 73.7 Å². The minimum atomic E-state index is -0.162. The number of amides is 1. The highest BCUT2D eigenvalue weighted by Gasteiger charge is 2.25. The summed E-state index contributed by atoms with van der Waals surface area (Å²) in [5, 5.41) is 5.05. The first-order chi connectivity index (χ1) is 16.1. The van der Waals surface area contributed by atoms with E-state index in [4.69, 9.17) is 9.72 Å². The van der Waals surface area contributed by atoms with E-state index in [1.54, 1.807) is 29.1 Å². The molecule has 0 spiro atoms. The fourth-order valence-corrected chi connectivity index (χ4v) is 4.59. The number of fused-ring (bicyclic) bond motifs is 1. The Balaban J connectivity index is 1.56. The van der Waals surface area contributed by atoms with Crippen LogP contribution < -0.4 is 9.64 Å². The number of hydrogen-bond acceptors (Lipinski definition) is 6. The van der Waals surface area contributed by atoms with E-state index in [1.165, 1.54) is 11.3 Å². The summed E-state index contributed by atoms with van der Waals surface area (Å²) in [6.45, 7) is 2.27. The lowest BCUT2D eigenvalue weighted by molar-refractivity contribution is 0.0984. The largest absolute Gasteiger partial charge is 0.497 e. The third kappa shape index (κ3) is 4.08. The van der Waals surface area contributed by atoms with Gasteiger partial charge in [-0.25, -0.2) is 14.6 Å². The smallest absolute Gasteiger partial charge is 0.263 e. The van der Waals surface area contributed by atoms with Crippen LogP contribution in [0, 0.1) is 6.92 Å². The standard InChI is InChI=1S/C25H21N5O2S/c1-17-20(15-27-30(17)23-10-6-7-13-26-23)24(31)29(16-18-8-4-3-5-9-18)25-28-21-12-11-19(32-2)14-22(21)33-25/h3-15H,16H2,1-2H3. The average molecular weight is 456 g/mol. The van der Waals surface area contributed by atoms with Crippen molar-refractivity contribution < 1.29 is 9.53 Å². The van der Waals surface area contributed by atoms with Gasteiger partial charge in [-0.15, -0.1) is 0 Å². The van der Waals surface area contributed by atoms with Gasteiger partial charge in [0.05, 0.1) is 41.3 Å². The molecule has 2 aromatic carbocycles. The Kier molecular flexibility index (Phi) is 5.58. The summed E-state index contributed by atoms with van der Waals surface area (Å²) in [6.07, 6.45) is 3.30. The van der Waals surface area contributed by atoms with Crippen molar-refractivity contribution in [2.75, 3.05) is 12.0 Å². The van der Waals surface area contributed by atoms with Gasteiger partial charge in [0.2, 0.25) is 0 Å². The number of aromatic nitrogens is 4. The molecule has 7 nitrogen and oxygen atoms in total. The Bertz CT molecular complexity index is 1410. The minimum Gasteiger partial charge on any atom is -0.497 e. The lowest BCUT2D eigenvalue weighted by Gasteiger charge is -2.20. The van der Waals surface area contributed by atoms with E-state index in [0.717, 1.165) is 27.2 Å². The predicted octanol–water partition coefficient (Wildman–Crippen LogP) is 5.04. The molecule has 3 aromatic heterocycles. The van der Waals surface area contributed by atoms with Crippen LogP contribution in [0.2, 0.25) is 0 Å². The monoisotopic (exact) mass is 455 g/mol. The zero-order chi connectivity index (χ0) is 22.8. The van der Waals surface area contributed by atoms with E-state index in [2.05, 4.69) is 10.1 Å².